The summed E-state index contributed by atoms with van der Waals surface area (Å²) in [6, 6.07) is 5.78. The molecule has 0 radical (unpaired) electrons. The molecule has 142 valence electrons. The van der Waals surface area contributed by atoms with Crippen molar-refractivity contribution in [1.29, 1.82) is 0 Å². The number of benzene rings is 1. The molecule has 0 unspecified atom stereocenters. The molecular weight excluding hydrogens is 372 g/mol. The van der Waals surface area contributed by atoms with Gasteiger partial charge in [0, 0.05) is 50.6 Å². The van der Waals surface area contributed by atoms with Crippen molar-refractivity contribution in [2.75, 3.05) is 26.2 Å². The van der Waals surface area contributed by atoms with Gasteiger partial charge in [-0.1, -0.05) is 0 Å². The first-order valence-electron chi connectivity index (χ1n) is 8.30. The fourth-order valence-corrected chi connectivity index (χ4v) is 3.35. The Morgan fingerprint density at radius 1 is 1.19 bits per heavy atom. The highest BCUT2D eigenvalue weighted by atomic mass is 32.1. The van der Waals surface area contributed by atoms with Crippen molar-refractivity contribution in [3.8, 4) is 5.75 Å². The maximum atomic E-state index is 12.5. The molecule has 0 aliphatic carbocycles. The van der Waals surface area contributed by atoms with E-state index in [1.807, 2.05) is 0 Å². The molecule has 0 saturated carbocycles. The Balaban J connectivity index is 1.54. The predicted molar refractivity (Wildman–Crippen MR) is 97.7 cm³/mol. The SMILES string of the molecule is CC(=O)N1CCN(C(=O)c2csc(COc3ccc([N+](=O)[O-])cc3)n2)CC1. The Hall–Kier alpha value is -3.01. The molecule has 0 atom stereocenters. The lowest BCUT2D eigenvalue weighted by Crippen LogP contribution is -2.50. The highest BCUT2D eigenvalue weighted by Gasteiger charge is 2.24. The largest absolute Gasteiger partial charge is 0.486 e. The number of non-ortho nitro benzene ring substituents is 1. The molecule has 1 saturated heterocycles. The van der Waals surface area contributed by atoms with E-state index in [2.05, 4.69) is 4.98 Å². The molecule has 1 aromatic heterocycles. The molecule has 2 heterocycles. The van der Waals surface area contributed by atoms with Crippen molar-refractivity contribution in [3.05, 3.63) is 50.5 Å². The molecule has 1 aliphatic rings. The van der Waals surface area contributed by atoms with Crippen LogP contribution in [0.25, 0.3) is 0 Å². The van der Waals surface area contributed by atoms with Gasteiger partial charge in [0.2, 0.25) is 5.91 Å². The smallest absolute Gasteiger partial charge is 0.273 e. The zero-order chi connectivity index (χ0) is 19.4. The molecule has 0 bridgehead atoms. The highest BCUT2D eigenvalue weighted by molar-refractivity contribution is 7.09. The van der Waals surface area contributed by atoms with Gasteiger partial charge in [0.25, 0.3) is 11.6 Å². The van der Waals surface area contributed by atoms with Crippen molar-refractivity contribution in [3.63, 3.8) is 0 Å². The third-order valence-corrected chi connectivity index (χ3v) is 5.02. The van der Waals surface area contributed by atoms with E-state index in [9.17, 15) is 19.7 Å². The number of hydrogen-bond donors (Lipinski definition) is 0. The Morgan fingerprint density at radius 2 is 1.81 bits per heavy atom. The van der Waals surface area contributed by atoms with Gasteiger partial charge in [-0.2, -0.15) is 0 Å². The van der Waals surface area contributed by atoms with Crippen molar-refractivity contribution in [1.82, 2.24) is 14.8 Å². The average Bonchev–Trinajstić information content (AvgIpc) is 3.15. The molecule has 2 aromatic rings. The third kappa shape index (κ3) is 4.59. The number of carbonyl (C=O) groups is 2. The van der Waals surface area contributed by atoms with E-state index < -0.39 is 4.92 Å². The summed E-state index contributed by atoms with van der Waals surface area (Å²) in [4.78, 5) is 41.8. The van der Waals surface area contributed by atoms with Crippen LogP contribution in [0, 0.1) is 10.1 Å². The van der Waals surface area contributed by atoms with Gasteiger partial charge >= 0.3 is 0 Å². The van der Waals surface area contributed by atoms with Crippen LogP contribution in [0.5, 0.6) is 5.75 Å². The van der Waals surface area contributed by atoms with Crippen molar-refractivity contribution >= 4 is 28.8 Å². The van der Waals surface area contributed by atoms with E-state index in [0.29, 0.717) is 42.6 Å². The van der Waals surface area contributed by atoms with Crippen molar-refractivity contribution in [2.45, 2.75) is 13.5 Å². The van der Waals surface area contributed by atoms with E-state index in [-0.39, 0.29) is 24.1 Å². The summed E-state index contributed by atoms with van der Waals surface area (Å²) in [5, 5.41) is 13.0. The number of nitro benzene ring substituents is 1. The summed E-state index contributed by atoms with van der Waals surface area (Å²) in [5.74, 6) is 0.349. The van der Waals surface area contributed by atoms with Crippen LogP contribution in [0.3, 0.4) is 0 Å². The molecule has 1 aromatic carbocycles. The summed E-state index contributed by atoms with van der Waals surface area (Å²) in [7, 11) is 0. The van der Waals surface area contributed by atoms with Gasteiger partial charge < -0.3 is 14.5 Å². The van der Waals surface area contributed by atoms with E-state index in [1.54, 1.807) is 15.2 Å². The minimum absolute atomic E-state index is 0.00523. The van der Waals surface area contributed by atoms with Gasteiger partial charge in [-0.3, -0.25) is 19.7 Å². The molecule has 2 amide bonds. The normalized spacial score (nSPS) is 14.1. The first-order chi connectivity index (χ1) is 12.9. The van der Waals surface area contributed by atoms with E-state index in [1.165, 1.54) is 42.5 Å². The van der Waals surface area contributed by atoms with E-state index >= 15 is 0 Å². The summed E-state index contributed by atoms with van der Waals surface area (Å²) < 4.78 is 5.56. The molecule has 0 spiro atoms. The predicted octanol–water partition coefficient (Wildman–Crippen LogP) is 1.93. The maximum Gasteiger partial charge on any atom is 0.273 e. The molecule has 9 nitrogen and oxygen atoms in total. The van der Waals surface area contributed by atoms with Crippen molar-refractivity contribution in [2.24, 2.45) is 0 Å². The van der Waals surface area contributed by atoms with Gasteiger partial charge in [0.1, 0.15) is 23.1 Å². The zero-order valence-electron chi connectivity index (χ0n) is 14.7. The zero-order valence-corrected chi connectivity index (χ0v) is 15.5. The topological polar surface area (TPSA) is 106 Å². The lowest BCUT2D eigenvalue weighted by Gasteiger charge is -2.33. The number of piperazine rings is 1. The minimum atomic E-state index is -0.473. The molecule has 27 heavy (non-hydrogen) atoms. The Labute approximate surface area is 159 Å². The first kappa shape index (κ1) is 18.8. The van der Waals surface area contributed by atoms with Gasteiger partial charge in [0.15, 0.2) is 0 Å². The Kier molecular flexibility index (Phi) is 5.65. The average molecular weight is 390 g/mol. The first-order valence-corrected chi connectivity index (χ1v) is 9.18. The monoisotopic (exact) mass is 390 g/mol. The second kappa shape index (κ2) is 8.12. The number of hydrogen-bond acceptors (Lipinski definition) is 7. The number of aromatic nitrogens is 1. The quantitative estimate of drug-likeness (QED) is 0.570. The highest BCUT2D eigenvalue weighted by Crippen LogP contribution is 2.20. The van der Waals surface area contributed by atoms with Crippen LogP contribution in [0.1, 0.15) is 22.4 Å². The summed E-state index contributed by atoms with van der Waals surface area (Å²) in [6.07, 6.45) is 0. The number of carbonyl (C=O) groups excluding carboxylic acids is 2. The van der Waals surface area contributed by atoms with Crippen LogP contribution in [0.2, 0.25) is 0 Å². The molecule has 1 aliphatic heterocycles. The standard InChI is InChI=1S/C17H18N4O5S/c1-12(22)19-6-8-20(9-7-19)17(23)15-11-27-16(18-15)10-26-14-4-2-13(3-5-14)21(24)25/h2-5,11H,6-10H2,1H3. The number of ether oxygens (including phenoxy) is 1. The van der Waals surface area contributed by atoms with Crippen LogP contribution in [-0.4, -0.2) is 57.7 Å². The second-order valence-electron chi connectivity index (χ2n) is 5.96. The second-order valence-corrected chi connectivity index (χ2v) is 6.91. The molecular formula is C17H18N4O5S. The molecule has 0 N–H and O–H groups in total. The number of amides is 2. The maximum absolute atomic E-state index is 12.5. The number of nitrogens with zero attached hydrogens (tertiary/aromatic N) is 4. The van der Waals surface area contributed by atoms with Crippen LogP contribution >= 0.6 is 11.3 Å². The van der Waals surface area contributed by atoms with Crippen LogP contribution in [-0.2, 0) is 11.4 Å². The molecule has 1 fully saturated rings. The fourth-order valence-electron chi connectivity index (χ4n) is 2.67. The lowest BCUT2D eigenvalue weighted by atomic mass is 10.3. The summed E-state index contributed by atoms with van der Waals surface area (Å²) >= 11 is 1.32. The fraction of sp³-hybridized carbons (Fsp3) is 0.353. The summed E-state index contributed by atoms with van der Waals surface area (Å²) in [5.41, 5.74) is 0.355. The van der Waals surface area contributed by atoms with Crippen LogP contribution < -0.4 is 4.74 Å². The van der Waals surface area contributed by atoms with Crippen LogP contribution in [0.15, 0.2) is 29.6 Å². The Bertz CT molecular complexity index is 843. The Morgan fingerprint density at radius 3 is 2.41 bits per heavy atom. The number of thiazole rings is 1. The molecule has 10 heteroatoms. The number of rotatable bonds is 5. The van der Waals surface area contributed by atoms with Crippen molar-refractivity contribution < 1.29 is 19.2 Å². The third-order valence-electron chi connectivity index (χ3n) is 4.19. The van der Waals surface area contributed by atoms with Gasteiger partial charge in [-0.05, 0) is 12.1 Å². The molecule has 3 rings (SSSR count). The van der Waals surface area contributed by atoms with Gasteiger partial charge in [0.05, 0.1) is 4.92 Å². The summed E-state index contributed by atoms with van der Waals surface area (Å²) in [6.45, 7) is 3.74. The van der Waals surface area contributed by atoms with E-state index in [4.69, 9.17) is 4.74 Å². The van der Waals surface area contributed by atoms with Gasteiger partial charge in [-0.25, -0.2) is 4.98 Å². The van der Waals surface area contributed by atoms with E-state index in [0.717, 1.165) is 0 Å². The number of nitro groups is 1. The van der Waals surface area contributed by atoms with Crippen LogP contribution in [0.4, 0.5) is 5.69 Å². The minimum Gasteiger partial charge on any atom is -0.486 e. The lowest BCUT2D eigenvalue weighted by molar-refractivity contribution is -0.384. The van der Waals surface area contributed by atoms with Gasteiger partial charge in [-0.15, -0.1) is 11.3 Å².